The SMILES string of the molecule is CCCC(COC)NC(=O)COc1ccc(C(N)=S)cc1. The molecule has 1 unspecified atom stereocenters. The molecule has 116 valence electrons. The molecule has 6 heteroatoms. The smallest absolute Gasteiger partial charge is 0.258 e. The highest BCUT2D eigenvalue weighted by Gasteiger charge is 2.11. The van der Waals surface area contributed by atoms with Gasteiger partial charge in [0.05, 0.1) is 12.6 Å². The maximum atomic E-state index is 11.8. The highest BCUT2D eigenvalue weighted by Crippen LogP contribution is 2.12. The number of benzene rings is 1. The Hall–Kier alpha value is -1.66. The molecule has 0 bridgehead atoms. The third-order valence-electron chi connectivity index (χ3n) is 2.88. The zero-order valence-electron chi connectivity index (χ0n) is 12.4. The minimum atomic E-state index is -0.163. The van der Waals surface area contributed by atoms with Gasteiger partial charge in [-0.3, -0.25) is 4.79 Å². The molecule has 1 amide bonds. The van der Waals surface area contributed by atoms with Crippen molar-refractivity contribution in [1.82, 2.24) is 5.32 Å². The molecule has 0 radical (unpaired) electrons. The van der Waals surface area contributed by atoms with Crippen molar-refractivity contribution in [3.63, 3.8) is 0 Å². The number of amides is 1. The quantitative estimate of drug-likeness (QED) is 0.678. The summed E-state index contributed by atoms with van der Waals surface area (Å²) in [5, 5.41) is 2.89. The number of thiocarbonyl (C=S) groups is 1. The number of nitrogens with one attached hydrogen (secondary N) is 1. The van der Waals surface area contributed by atoms with Gasteiger partial charge in [-0.1, -0.05) is 25.6 Å². The summed E-state index contributed by atoms with van der Waals surface area (Å²) in [5.41, 5.74) is 6.28. The van der Waals surface area contributed by atoms with Crippen LogP contribution in [-0.2, 0) is 9.53 Å². The Morgan fingerprint density at radius 3 is 2.57 bits per heavy atom. The lowest BCUT2D eigenvalue weighted by atomic mass is 10.2. The van der Waals surface area contributed by atoms with Crippen molar-refractivity contribution in [3.05, 3.63) is 29.8 Å². The largest absolute Gasteiger partial charge is 0.484 e. The van der Waals surface area contributed by atoms with Crippen LogP contribution in [0.3, 0.4) is 0 Å². The van der Waals surface area contributed by atoms with Crippen LogP contribution in [-0.4, -0.2) is 37.3 Å². The lowest BCUT2D eigenvalue weighted by Crippen LogP contribution is -2.40. The fourth-order valence-electron chi connectivity index (χ4n) is 1.88. The van der Waals surface area contributed by atoms with Gasteiger partial charge < -0.3 is 20.5 Å². The summed E-state index contributed by atoms with van der Waals surface area (Å²) in [6.07, 6.45) is 1.86. The van der Waals surface area contributed by atoms with E-state index in [1.807, 2.05) is 0 Å². The van der Waals surface area contributed by atoms with E-state index >= 15 is 0 Å². The second kappa shape index (κ2) is 9.31. The molecule has 21 heavy (non-hydrogen) atoms. The van der Waals surface area contributed by atoms with E-state index in [4.69, 9.17) is 27.4 Å². The first kappa shape index (κ1) is 17.4. The van der Waals surface area contributed by atoms with E-state index in [0.29, 0.717) is 17.3 Å². The number of hydrogen-bond acceptors (Lipinski definition) is 4. The molecule has 0 aliphatic carbocycles. The molecule has 1 aromatic carbocycles. The Bertz CT molecular complexity index is 456. The summed E-state index contributed by atoms with van der Waals surface area (Å²) in [6, 6.07) is 7.02. The zero-order chi connectivity index (χ0) is 15.7. The second-order valence-electron chi connectivity index (χ2n) is 4.69. The van der Waals surface area contributed by atoms with Gasteiger partial charge in [0, 0.05) is 12.7 Å². The summed E-state index contributed by atoms with van der Waals surface area (Å²) in [7, 11) is 1.62. The van der Waals surface area contributed by atoms with Gasteiger partial charge in [-0.15, -0.1) is 0 Å². The molecule has 0 aliphatic rings. The topological polar surface area (TPSA) is 73.6 Å². The van der Waals surface area contributed by atoms with Crippen molar-refractivity contribution in [1.29, 1.82) is 0 Å². The molecular weight excluding hydrogens is 288 g/mol. The minimum Gasteiger partial charge on any atom is -0.484 e. The summed E-state index contributed by atoms with van der Waals surface area (Å²) < 4.78 is 10.5. The molecule has 1 atom stereocenters. The van der Waals surface area contributed by atoms with Crippen LogP contribution < -0.4 is 15.8 Å². The standard InChI is InChI=1S/C15H22N2O3S/c1-3-4-12(9-19-2)17-14(18)10-20-13-7-5-11(6-8-13)15(16)21/h5-8,12H,3-4,9-10H2,1-2H3,(H2,16,21)(H,17,18). The Balaban J connectivity index is 2.42. The number of carbonyl (C=O) groups is 1. The maximum Gasteiger partial charge on any atom is 0.258 e. The van der Waals surface area contributed by atoms with Crippen LogP contribution in [0.15, 0.2) is 24.3 Å². The van der Waals surface area contributed by atoms with E-state index in [1.54, 1.807) is 31.4 Å². The first-order chi connectivity index (χ1) is 10.1. The van der Waals surface area contributed by atoms with Crippen LogP contribution in [0.4, 0.5) is 0 Å². The number of hydrogen-bond donors (Lipinski definition) is 2. The van der Waals surface area contributed by atoms with Crippen molar-refractivity contribution in [2.75, 3.05) is 20.3 Å². The number of nitrogens with two attached hydrogens (primary N) is 1. The monoisotopic (exact) mass is 310 g/mol. The lowest BCUT2D eigenvalue weighted by Gasteiger charge is -2.17. The predicted octanol–water partition coefficient (Wildman–Crippen LogP) is 1.63. The van der Waals surface area contributed by atoms with Crippen molar-refractivity contribution >= 4 is 23.1 Å². The van der Waals surface area contributed by atoms with Crippen molar-refractivity contribution < 1.29 is 14.3 Å². The molecule has 0 saturated carbocycles. The Kier molecular flexibility index (Phi) is 7.71. The summed E-state index contributed by atoms with van der Waals surface area (Å²) >= 11 is 4.87. The number of ether oxygens (including phenoxy) is 2. The summed E-state index contributed by atoms with van der Waals surface area (Å²) in [4.78, 5) is 12.2. The second-order valence-corrected chi connectivity index (χ2v) is 5.13. The van der Waals surface area contributed by atoms with Gasteiger partial charge in [0.25, 0.3) is 5.91 Å². The molecule has 3 N–H and O–H groups in total. The van der Waals surface area contributed by atoms with Gasteiger partial charge in [-0.05, 0) is 30.7 Å². The number of methoxy groups -OCH3 is 1. The van der Waals surface area contributed by atoms with Crippen molar-refractivity contribution in [3.8, 4) is 5.75 Å². The molecule has 0 aromatic heterocycles. The van der Waals surface area contributed by atoms with Crippen LogP contribution in [0.2, 0.25) is 0 Å². The number of rotatable bonds is 9. The lowest BCUT2D eigenvalue weighted by molar-refractivity contribution is -0.124. The predicted molar refractivity (Wildman–Crippen MR) is 86.5 cm³/mol. The molecule has 0 heterocycles. The van der Waals surface area contributed by atoms with Gasteiger partial charge in [-0.25, -0.2) is 0 Å². The van der Waals surface area contributed by atoms with Crippen molar-refractivity contribution in [2.24, 2.45) is 5.73 Å². The van der Waals surface area contributed by atoms with Crippen LogP contribution in [0, 0.1) is 0 Å². The van der Waals surface area contributed by atoms with Gasteiger partial charge in [-0.2, -0.15) is 0 Å². The molecule has 0 spiro atoms. The summed E-state index contributed by atoms with van der Waals surface area (Å²) in [6.45, 7) is 2.54. The molecule has 5 nitrogen and oxygen atoms in total. The number of carbonyl (C=O) groups excluding carboxylic acids is 1. The first-order valence-corrected chi connectivity index (χ1v) is 7.28. The molecular formula is C15H22N2O3S. The average Bonchev–Trinajstić information content (AvgIpc) is 2.46. The van der Waals surface area contributed by atoms with E-state index in [-0.39, 0.29) is 18.6 Å². The van der Waals surface area contributed by atoms with Crippen LogP contribution >= 0.6 is 12.2 Å². The van der Waals surface area contributed by atoms with Gasteiger partial charge in [0.15, 0.2) is 6.61 Å². The maximum absolute atomic E-state index is 11.8. The third-order valence-corrected chi connectivity index (χ3v) is 3.11. The Labute approximate surface area is 130 Å². The summed E-state index contributed by atoms with van der Waals surface area (Å²) in [5.74, 6) is 0.438. The van der Waals surface area contributed by atoms with Crippen LogP contribution in [0.5, 0.6) is 5.75 Å². The van der Waals surface area contributed by atoms with E-state index in [0.717, 1.165) is 18.4 Å². The third kappa shape index (κ3) is 6.55. The Morgan fingerprint density at radius 2 is 2.05 bits per heavy atom. The Morgan fingerprint density at radius 1 is 1.38 bits per heavy atom. The molecule has 0 fully saturated rings. The van der Waals surface area contributed by atoms with Gasteiger partial charge in [0.2, 0.25) is 0 Å². The molecule has 1 aromatic rings. The van der Waals surface area contributed by atoms with Crippen LogP contribution in [0.25, 0.3) is 0 Å². The molecule has 0 saturated heterocycles. The van der Waals surface area contributed by atoms with Crippen LogP contribution in [0.1, 0.15) is 25.3 Å². The highest BCUT2D eigenvalue weighted by atomic mass is 32.1. The molecule has 0 aliphatic heterocycles. The van der Waals surface area contributed by atoms with Gasteiger partial charge >= 0.3 is 0 Å². The minimum absolute atomic E-state index is 0.0214. The normalized spacial score (nSPS) is 11.7. The van der Waals surface area contributed by atoms with E-state index < -0.39 is 0 Å². The first-order valence-electron chi connectivity index (χ1n) is 6.87. The highest BCUT2D eigenvalue weighted by molar-refractivity contribution is 7.80. The molecule has 1 rings (SSSR count). The van der Waals surface area contributed by atoms with E-state index in [2.05, 4.69) is 12.2 Å². The van der Waals surface area contributed by atoms with Gasteiger partial charge in [0.1, 0.15) is 10.7 Å². The zero-order valence-corrected chi connectivity index (χ0v) is 13.2. The average molecular weight is 310 g/mol. The van der Waals surface area contributed by atoms with E-state index in [9.17, 15) is 4.79 Å². The van der Waals surface area contributed by atoms with E-state index in [1.165, 1.54) is 0 Å². The van der Waals surface area contributed by atoms with Crippen molar-refractivity contribution in [2.45, 2.75) is 25.8 Å². The fourth-order valence-corrected chi connectivity index (χ4v) is 2.02. The fraction of sp³-hybridized carbons (Fsp3) is 0.467.